The average molecular weight is 400 g/mol. The van der Waals surface area contributed by atoms with E-state index in [4.69, 9.17) is 4.74 Å². The second kappa shape index (κ2) is 9.94. The van der Waals surface area contributed by atoms with Crippen LogP contribution in [0.15, 0.2) is 24.3 Å². The van der Waals surface area contributed by atoms with Crippen molar-refractivity contribution in [1.29, 1.82) is 0 Å². The number of benzene rings is 1. The molecule has 1 saturated carbocycles. The molecule has 160 valence electrons. The van der Waals surface area contributed by atoms with E-state index in [1.165, 1.54) is 37.9 Å². The largest absolute Gasteiger partial charge is 0.494 e. The molecule has 1 aromatic rings. The fourth-order valence-corrected chi connectivity index (χ4v) is 5.31. The summed E-state index contributed by atoms with van der Waals surface area (Å²) in [7, 11) is 0. The van der Waals surface area contributed by atoms with Gasteiger partial charge in [0.25, 0.3) is 0 Å². The summed E-state index contributed by atoms with van der Waals surface area (Å²) in [6, 6.07) is 8.46. The van der Waals surface area contributed by atoms with E-state index in [2.05, 4.69) is 39.4 Å². The van der Waals surface area contributed by atoms with Crippen LogP contribution in [-0.4, -0.2) is 68.1 Å². The molecule has 1 N–H and O–H groups in total. The van der Waals surface area contributed by atoms with Crippen molar-refractivity contribution in [1.82, 2.24) is 15.1 Å². The van der Waals surface area contributed by atoms with Crippen molar-refractivity contribution in [2.24, 2.45) is 0 Å². The Hall–Kier alpha value is -1.59. The van der Waals surface area contributed by atoms with E-state index in [9.17, 15) is 4.79 Å². The Bertz CT molecular complexity index is 643. The molecule has 3 fully saturated rings. The number of hydrogen-bond acceptors (Lipinski definition) is 4. The normalized spacial score (nSPS) is 22.6. The maximum Gasteiger partial charge on any atom is 0.233 e. The molecule has 3 aliphatic rings. The van der Waals surface area contributed by atoms with Gasteiger partial charge in [-0.2, -0.15) is 0 Å². The summed E-state index contributed by atoms with van der Waals surface area (Å²) in [4.78, 5) is 18.2. The predicted molar refractivity (Wildman–Crippen MR) is 116 cm³/mol. The number of ether oxygens (including phenoxy) is 1. The molecule has 29 heavy (non-hydrogen) atoms. The van der Waals surface area contributed by atoms with Crippen LogP contribution in [0.3, 0.4) is 0 Å². The summed E-state index contributed by atoms with van der Waals surface area (Å²) in [5, 5.41) is 3.36. The van der Waals surface area contributed by atoms with Crippen molar-refractivity contribution in [3.05, 3.63) is 29.8 Å². The van der Waals surface area contributed by atoms with E-state index in [1.807, 2.05) is 0 Å². The molecule has 0 radical (unpaired) electrons. The first-order valence-electron chi connectivity index (χ1n) is 11.7. The summed E-state index contributed by atoms with van der Waals surface area (Å²) < 4.78 is 5.99. The lowest BCUT2D eigenvalue weighted by Crippen LogP contribution is -2.54. The first-order chi connectivity index (χ1) is 14.3. The summed E-state index contributed by atoms with van der Waals surface area (Å²) in [6.07, 6.45) is 9.26. The van der Waals surface area contributed by atoms with Crippen LogP contribution < -0.4 is 10.1 Å². The van der Waals surface area contributed by atoms with Crippen LogP contribution in [0, 0.1) is 0 Å². The van der Waals surface area contributed by atoms with Crippen LogP contribution in [0.4, 0.5) is 0 Å². The first kappa shape index (κ1) is 20.7. The van der Waals surface area contributed by atoms with Gasteiger partial charge in [-0.3, -0.25) is 4.79 Å². The second-order valence-electron chi connectivity index (χ2n) is 8.96. The topological polar surface area (TPSA) is 44.8 Å². The highest BCUT2D eigenvalue weighted by molar-refractivity contribution is 5.88. The SMILES string of the molecule is O=C(N1CCNCC1)C1(c2ccc(OCCCN3CCCC3)cc2)CCCCC1. The van der Waals surface area contributed by atoms with Crippen molar-refractivity contribution in [2.45, 2.75) is 56.8 Å². The summed E-state index contributed by atoms with van der Waals surface area (Å²) in [5.74, 6) is 1.27. The molecule has 1 aliphatic carbocycles. The standard InChI is InChI=1S/C24H37N3O2/c28-23(27-18-13-25-14-19-27)24(11-2-1-3-12-24)21-7-9-22(10-8-21)29-20-6-17-26-15-4-5-16-26/h7-10,25H,1-6,11-20H2. The van der Waals surface area contributed by atoms with Gasteiger partial charge in [0.2, 0.25) is 5.91 Å². The lowest BCUT2D eigenvalue weighted by molar-refractivity contribution is -0.139. The van der Waals surface area contributed by atoms with Crippen molar-refractivity contribution in [3.8, 4) is 5.75 Å². The molecule has 0 spiro atoms. The fourth-order valence-electron chi connectivity index (χ4n) is 5.31. The second-order valence-corrected chi connectivity index (χ2v) is 8.96. The Morgan fingerprint density at radius 1 is 0.931 bits per heavy atom. The van der Waals surface area contributed by atoms with Crippen molar-refractivity contribution < 1.29 is 9.53 Å². The van der Waals surface area contributed by atoms with E-state index in [-0.39, 0.29) is 5.41 Å². The third-order valence-corrected chi connectivity index (χ3v) is 7.01. The molecule has 5 nitrogen and oxygen atoms in total. The van der Waals surface area contributed by atoms with Gasteiger partial charge < -0.3 is 19.9 Å². The number of hydrogen-bond donors (Lipinski definition) is 1. The zero-order valence-electron chi connectivity index (χ0n) is 17.8. The van der Waals surface area contributed by atoms with Gasteiger partial charge in [-0.25, -0.2) is 0 Å². The average Bonchev–Trinajstić information content (AvgIpc) is 3.31. The zero-order valence-corrected chi connectivity index (χ0v) is 17.8. The smallest absolute Gasteiger partial charge is 0.233 e. The van der Waals surface area contributed by atoms with Gasteiger partial charge in [-0.15, -0.1) is 0 Å². The lowest BCUT2D eigenvalue weighted by atomic mass is 9.68. The minimum atomic E-state index is -0.329. The number of amides is 1. The monoisotopic (exact) mass is 399 g/mol. The highest BCUT2D eigenvalue weighted by atomic mass is 16.5. The Labute approximate surface area is 175 Å². The number of rotatable bonds is 7. The van der Waals surface area contributed by atoms with Gasteiger partial charge >= 0.3 is 0 Å². The third-order valence-electron chi connectivity index (χ3n) is 7.01. The quantitative estimate of drug-likeness (QED) is 0.716. The zero-order chi connectivity index (χ0) is 19.9. The molecule has 0 unspecified atom stereocenters. The number of likely N-dealkylation sites (tertiary alicyclic amines) is 1. The molecular formula is C24H37N3O2. The maximum atomic E-state index is 13.6. The van der Waals surface area contributed by atoms with Gasteiger partial charge in [0.15, 0.2) is 0 Å². The Morgan fingerprint density at radius 3 is 2.31 bits per heavy atom. The summed E-state index contributed by atoms with van der Waals surface area (Å²) in [5.41, 5.74) is 0.856. The minimum Gasteiger partial charge on any atom is -0.494 e. The highest BCUT2D eigenvalue weighted by Gasteiger charge is 2.43. The fraction of sp³-hybridized carbons (Fsp3) is 0.708. The molecule has 0 aromatic heterocycles. The molecular weight excluding hydrogens is 362 g/mol. The third kappa shape index (κ3) is 4.95. The summed E-state index contributed by atoms with van der Waals surface area (Å²) >= 11 is 0. The Balaban J connectivity index is 1.38. The molecule has 0 bridgehead atoms. The van der Waals surface area contributed by atoms with Crippen LogP contribution in [0.1, 0.15) is 56.9 Å². The van der Waals surface area contributed by atoms with Crippen molar-refractivity contribution in [3.63, 3.8) is 0 Å². The first-order valence-corrected chi connectivity index (χ1v) is 11.7. The summed E-state index contributed by atoms with van der Waals surface area (Å²) in [6.45, 7) is 7.88. The van der Waals surface area contributed by atoms with Crippen LogP contribution in [-0.2, 0) is 10.2 Å². The van der Waals surface area contributed by atoms with Crippen LogP contribution in [0.5, 0.6) is 5.75 Å². The number of piperazine rings is 1. The minimum absolute atomic E-state index is 0.329. The number of nitrogens with one attached hydrogen (secondary N) is 1. The van der Waals surface area contributed by atoms with Crippen LogP contribution in [0.2, 0.25) is 0 Å². The Kier molecular flexibility index (Phi) is 7.09. The number of nitrogens with zero attached hydrogens (tertiary/aromatic N) is 2. The van der Waals surface area contributed by atoms with E-state index in [0.29, 0.717) is 5.91 Å². The molecule has 2 heterocycles. The molecule has 2 aliphatic heterocycles. The molecule has 1 amide bonds. The lowest BCUT2D eigenvalue weighted by Gasteiger charge is -2.41. The molecule has 2 saturated heterocycles. The van der Waals surface area contributed by atoms with Crippen LogP contribution >= 0.6 is 0 Å². The van der Waals surface area contributed by atoms with Crippen LogP contribution in [0.25, 0.3) is 0 Å². The van der Waals surface area contributed by atoms with Gasteiger partial charge in [0, 0.05) is 32.7 Å². The van der Waals surface area contributed by atoms with E-state index in [1.54, 1.807) is 0 Å². The van der Waals surface area contributed by atoms with E-state index in [0.717, 1.165) is 77.2 Å². The van der Waals surface area contributed by atoms with Gasteiger partial charge in [-0.05, 0) is 62.9 Å². The van der Waals surface area contributed by atoms with Crippen molar-refractivity contribution in [2.75, 3.05) is 52.4 Å². The highest BCUT2D eigenvalue weighted by Crippen LogP contribution is 2.41. The van der Waals surface area contributed by atoms with Gasteiger partial charge in [0.1, 0.15) is 5.75 Å². The molecule has 0 atom stereocenters. The van der Waals surface area contributed by atoms with E-state index >= 15 is 0 Å². The number of carbonyl (C=O) groups excluding carboxylic acids is 1. The van der Waals surface area contributed by atoms with Gasteiger partial charge in [-0.1, -0.05) is 31.4 Å². The van der Waals surface area contributed by atoms with Crippen molar-refractivity contribution >= 4 is 5.91 Å². The molecule has 1 aromatic carbocycles. The Morgan fingerprint density at radius 2 is 1.62 bits per heavy atom. The maximum absolute atomic E-state index is 13.6. The molecule has 5 heteroatoms. The predicted octanol–water partition coefficient (Wildman–Crippen LogP) is 3.19. The van der Waals surface area contributed by atoms with Gasteiger partial charge in [0.05, 0.1) is 12.0 Å². The molecule has 4 rings (SSSR count). The van der Waals surface area contributed by atoms with E-state index < -0.39 is 0 Å². The number of carbonyl (C=O) groups is 1.